The van der Waals surface area contributed by atoms with Gasteiger partial charge >= 0.3 is 6.01 Å². The van der Waals surface area contributed by atoms with Crippen molar-refractivity contribution in [3.8, 4) is 11.5 Å². The number of rotatable bonds is 2. The maximum Gasteiger partial charge on any atom is 0.317 e. The Morgan fingerprint density at radius 1 is 1.31 bits per heavy atom. The van der Waals surface area contributed by atoms with Crippen molar-refractivity contribution in [3.05, 3.63) is 23.2 Å². The molecule has 2 N–H and O–H groups in total. The maximum atomic E-state index is 5.82. The van der Waals surface area contributed by atoms with Crippen molar-refractivity contribution in [2.45, 2.75) is 0 Å². The van der Waals surface area contributed by atoms with E-state index >= 15 is 0 Å². The van der Waals surface area contributed by atoms with Crippen LogP contribution in [0.2, 0.25) is 5.02 Å². The number of hydrogen-bond acceptors (Lipinski definition) is 5. The van der Waals surface area contributed by atoms with Crippen molar-refractivity contribution in [1.82, 2.24) is 10.2 Å². The van der Waals surface area contributed by atoms with Crippen LogP contribution in [0.1, 0.15) is 0 Å². The molecule has 0 spiro atoms. The molecule has 2 rings (SSSR count). The summed E-state index contributed by atoms with van der Waals surface area (Å²) in [6, 6.07) is 5.63. The molecule has 0 bridgehead atoms. The monoisotopic (exact) mass is 238 g/mol. The molecule has 1 aromatic heterocycles. The average Bonchev–Trinajstić information content (AvgIpc) is 2.71. The molecule has 16 heavy (non-hydrogen) atoms. The third-order valence-electron chi connectivity index (χ3n) is 2.04. The van der Waals surface area contributed by atoms with Crippen molar-refractivity contribution >= 4 is 23.3 Å². The molecule has 0 radical (unpaired) electrons. The summed E-state index contributed by atoms with van der Waals surface area (Å²) in [7, 11) is 3.65. The van der Waals surface area contributed by atoms with Gasteiger partial charge in [0.05, 0.1) is 10.7 Å². The molecule has 84 valence electrons. The lowest BCUT2D eigenvalue weighted by Gasteiger charge is -2.03. The number of anilines is 2. The largest absolute Gasteiger partial charge is 0.403 e. The van der Waals surface area contributed by atoms with Gasteiger partial charge in [0.15, 0.2) is 0 Å². The molecule has 0 amide bonds. The number of nitrogens with two attached hydrogens (primary N) is 1. The van der Waals surface area contributed by atoms with E-state index in [0.717, 1.165) is 5.56 Å². The van der Waals surface area contributed by atoms with E-state index in [0.29, 0.717) is 22.6 Å². The molecule has 6 heteroatoms. The lowest BCUT2D eigenvalue weighted by atomic mass is 10.2. The van der Waals surface area contributed by atoms with Crippen LogP contribution in [0.4, 0.5) is 11.7 Å². The molecule has 0 aliphatic carbocycles. The summed E-state index contributed by atoms with van der Waals surface area (Å²) in [4.78, 5) is 1.73. The Morgan fingerprint density at radius 2 is 2.06 bits per heavy atom. The number of nitrogen functional groups attached to an aromatic ring is 1. The van der Waals surface area contributed by atoms with E-state index in [2.05, 4.69) is 10.2 Å². The minimum Gasteiger partial charge on any atom is -0.403 e. The summed E-state index contributed by atoms with van der Waals surface area (Å²) in [5.74, 6) is 0.423. The molecular weight excluding hydrogens is 228 g/mol. The second kappa shape index (κ2) is 4.02. The predicted octanol–water partition coefficient (Wildman–Crippen LogP) is 2.04. The molecule has 0 saturated carbocycles. The van der Waals surface area contributed by atoms with Gasteiger partial charge in [-0.3, -0.25) is 0 Å². The lowest BCUT2D eigenvalue weighted by molar-refractivity contribution is 0.566. The highest BCUT2D eigenvalue weighted by Gasteiger charge is 2.10. The summed E-state index contributed by atoms with van der Waals surface area (Å²) in [5, 5.41) is 8.31. The normalized spacial score (nSPS) is 10.4. The van der Waals surface area contributed by atoms with Gasteiger partial charge in [-0.25, -0.2) is 0 Å². The first-order valence-electron chi connectivity index (χ1n) is 4.64. The molecular formula is C10H11ClN4O. The Kier molecular flexibility index (Phi) is 2.70. The van der Waals surface area contributed by atoms with Gasteiger partial charge in [-0.2, -0.15) is 0 Å². The van der Waals surface area contributed by atoms with Crippen molar-refractivity contribution in [2.24, 2.45) is 0 Å². The van der Waals surface area contributed by atoms with Crippen LogP contribution in [0.25, 0.3) is 11.5 Å². The molecule has 2 aromatic rings. The Hall–Kier alpha value is -1.75. The van der Waals surface area contributed by atoms with E-state index in [4.69, 9.17) is 21.8 Å². The third-order valence-corrected chi connectivity index (χ3v) is 2.38. The van der Waals surface area contributed by atoms with E-state index in [-0.39, 0.29) is 0 Å². The van der Waals surface area contributed by atoms with Crippen LogP contribution < -0.4 is 10.6 Å². The zero-order chi connectivity index (χ0) is 11.7. The predicted molar refractivity (Wildman–Crippen MR) is 63.5 cm³/mol. The molecule has 1 aromatic carbocycles. The summed E-state index contributed by atoms with van der Waals surface area (Å²) < 4.78 is 5.43. The highest BCUT2D eigenvalue weighted by atomic mass is 35.5. The van der Waals surface area contributed by atoms with Crippen molar-refractivity contribution < 1.29 is 4.42 Å². The van der Waals surface area contributed by atoms with Gasteiger partial charge in [-0.15, -0.1) is 5.10 Å². The van der Waals surface area contributed by atoms with Crippen LogP contribution in [0.5, 0.6) is 0 Å². The van der Waals surface area contributed by atoms with Crippen LogP contribution >= 0.6 is 11.6 Å². The molecule has 5 nitrogen and oxygen atoms in total. The summed E-state index contributed by atoms with van der Waals surface area (Å²) in [5.41, 5.74) is 6.93. The number of nitrogens with zero attached hydrogens (tertiary/aromatic N) is 3. The Balaban J connectivity index is 2.39. The van der Waals surface area contributed by atoms with Gasteiger partial charge in [0.25, 0.3) is 0 Å². The van der Waals surface area contributed by atoms with E-state index in [1.54, 1.807) is 23.1 Å². The first kappa shape index (κ1) is 10.8. The smallest absolute Gasteiger partial charge is 0.317 e. The van der Waals surface area contributed by atoms with Gasteiger partial charge in [0.1, 0.15) is 0 Å². The standard InChI is InChI=1S/C10H11ClN4O/c1-15(2)10-14-13-9(16-10)6-3-4-7(11)8(12)5-6/h3-5H,12H2,1-2H3. The first-order chi connectivity index (χ1) is 7.58. The van der Waals surface area contributed by atoms with Gasteiger partial charge in [-0.1, -0.05) is 16.7 Å². The number of halogens is 1. The first-order valence-corrected chi connectivity index (χ1v) is 5.02. The van der Waals surface area contributed by atoms with Gasteiger partial charge in [0, 0.05) is 19.7 Å². The Morgan fingerprint density at radius 3 is 2.62 bits per heavy atom. The fraction of sp³-hybridized carbons (Fsp3) is 0.200. The fourth-order valence-corrected chi connectivity index (χ4v) is 1.31. The average molecular weight is 239 g/mol. The second-order valence-electron chi connectivity index (χ2n) is 3.52. The van der Waals surface area contributed by atoms with Crippen molar-refractivity contribution in [2.75, 3.05) is 24.7 Å². The molecule has 0 saturated heterocycles. The summed E-state index contributed by atoms with van der Waals surface area (Å²) in [6.45, 7) is 0. The molecule has 1 heterocycles. The summed E-state index contributed by atoms with van der Waals surface area (Å²) in [6.07, 6.45) is 0. The quantitative estimate of drug-likeness (QED) is 0.811. The van der Waals surface area contributed by atoms with Crippen molar-refractivity contribution in [3.63, 3.8) is 0 Å². The molecule has 0 atom stereocenters. The zero-order valence-corrected chi connectivity index (χ0v) is 9.69. The number of benzene rings is 1. The Bertz CT molecular complexity index is 509. The van der Waals surface area contributed by atoms with E-state index in [9.17, 15) is 0 Å². The SMILES string of the molecule is CN(C)c1nnc(-c2ccc(Cl)c(N)c2)o1. The zero-order valence-electron chi connectivity index (χ0n) is 8.94. The number of aromatic nitrogens is 2. The molecule has 0 aliphatic heterocycles. The minimum atomic E-state index is 0.423. The third kappa shape index (κ3) is 1.94. The van der Waals surface area contributed by atoms with Crippen LogP contribution in [0.3, 0.4) is 0 Å². The maximum absolute atomic E-state index is 5.82. The molecule has 0 fully saturated rings. The van der Waals surface area contributed by atoms with Crippen LogP contribution in [-0.4, -0.2) is 24.3 Å². The van der Waals surface area contributed by atoms with E-state index in [1.807, 2.05) is 14.1 Å². The lowest BCUT2D eigenvalue weighted by Crippen LogP contribution is -2.08. The van der Waals surface area contributed by atoms with E-state index < -0.39 is 0 Å². The van der Waals surface area contributed by atoms with Crippen LogP contribution in [0, 0.1) is 0 Å². The topological polar surface area (TPSA) is 68.2 Å². The van der Waals surface area contributed by atoms with Gasteiger partial charge in [-0.05, 0) is 18.2 Å². The molecule has 0 aliphatic rings. The number of hydrogen-bond donors (Lipinski definition) is 1. The minimum absolute atomic E-state index is 0.423. The highest BCUT2D eigenvalue weighted by molar-refractivity contribution is 6.33. The van der Waals surface area contributed by atoms with Crippen LogP contribution in [0.15, 0.2) is 22.6 Å². The molecule has 0 unspecified atom stereocenters. The summed E-state index contributed by atoms with van der Waals surface area (Å²) >= 11 is 5.82. The fourth-order valence-electron chi connectivity index (χ4n) is 1.19. The van der Waals surface area contributed by atoms with Crippen molar-refractivity contribution in [1.29, 1.82) is 0 Å². The van der Waals surface area contributed by atoms with E-state index in [1.165, 1.54) is 0 Å². The van der Waals surface area contributed by atoms with Gasteiger partial charge < -0.3 is 15.1 Å². The van der Waals surface area contributed by atoms with Crippen LogP contribution in [-0.2, 0) is 0 Å². The second-order valence-corrected chi connectivity index (χ2v) is 3.93. The van der Waals surface area contributed by atoms with Gasteiger partial charge in [0.2, 0.25) is 5.89 Å². The Labute approximate surface area is 97.8 Å². The highest BCUT2D eigenvalue weighted by Crippen LogP contribution is 2.26.